The maximum Gasteiger partial charge on any atom is 0.140 e. The second kappa shape index (κ2) is 8.89. The van der Waals surface area contributed by atoms with Gasteiger partial charge in [0.1, 0.15) is 5.82 Å². The van der Waals surface area contributed by atoms with E-state index in [1.807, 2.05) is 6.07 Å². The fourth-order valence-electron chi connectivity index (χ4n) is 5.66. The molecule has 182 valence electrons. The van der Waals surface area contributed by atoms with Gasteiger partial charge in [-0.05, 0) is 40.5 Å². The van der Waals surface area contributed by atoms with Gasteiger partial charge in [-0.15, -0.1) is 0 Å². The van der Waals surface area contributed by atoms with Crippen molar-refractivity contribution in [1.82, 2.24) is 14.1 Å². The second-order valence-corrected chi connectivity index (χ2v) is 9.81. The van der Waals surface area contributed by atoms with Crippen molar-refractivity contribution in [3.8, 4) is 44.9 Å². The van der Waals surface area contributed by atoms with E-state index >= 15 is 0 Å². The predicted molar refractivity (Wildman–Crippen MR) is 159 cm³/mol. The van der Waals surface area contributed by atoms with Crippen molar-refractivity contribution in [1.29, 1.82) is 0 Å². The summed E-state index contributed by atoms with van der Waals surface area (Å²) in [5.74, 6) is 0.982. The number of hydrogen-bond acceptors (Lipinski definition) is 1. The third kappa shape index (κ3) is 3.55. The van der Waals surface area contributed by atoms with Crippen molar-refractivity contribution in [2.24, 2.45) is 14.1 Å². The Hall–Kier alpha value is -4.89. The van der Waals surface area contributed by atoms with Crippen LogP contribution in [0, 0.1) is 0 Å². The maximum absolute atomic E-state index is 4.87. The first-order valence-corrected chi connectivity index (χ1v) is 12.9. The molecular formula is C35H27N3. The molecule has 0 saturated heterocycles. The van der Waals surface area contributed by atoms with Crippen LogP contribution in [0.4, 0.5) is 0 Å². The van der Waals surface area contributed by atoms with Crippen molar-refractivity contribution < 1.29 is 0 Å². The Bertz CT molecular complexity index is 1910. The third-order valence-electron chi connectivity index (χ3n) is 7.57. The standard InChI is InChI=1S/C35H27N3/c1-37-32-23-28(24-17-19-27(20-18-24)35-36-30-15-9-10-16-31(30)38(35)2)21-22-29(32)33(25-11-5-3-6-12-25)34(37)26-13-7-4-8-14-26/h3-23H,1-2H3. The smallest absolute Gasteiger partial charge is 0.140 e. The van der Waals surface area contributed by atoms with E-state index in [0.29, 0.717) is 0 Å². The zero-order valence-corrected chi connectivity index (χ0v) is 21.5. The molecule has 0 aliphatic heterocycles. The van der Waals surface area contributed by atoms with E-state index in [2.05, 4.69) is 145 Å². The molecule has 7 aromatic rings. The van der Waals surface area contributed by atoms with Crippen LogP contribution in [0.25, 0.3) is 66.8 Å². The van der Waals surface area contributed by atoms with E-state index in [1.165, 1.54) is 44.4 Å². The summed E-state index contributed by atoms with van der Waals surface area (Å²) in [6.45, 7) is 0. The number of rotatable bonds is 4. The zero-order chi connectivity index (χ0) is 25.6. The molecule has 0 aliphatic carbocycles. The number of nitrogens with zero attached hydrogens (tertiary/aromatic N) is 3. The molecule has 2 aromatic heterocycles. The fraction of sp³-hybridized carbons (Fsp3) is 0.0571. The van der Waals surface area contributed by atoms with Gasteiger partial charge in [0.05, 0.1) is 16.7 Å². The molecule has 0 unspecified atom stereocenters. The summed E-state index contributed by atoms with van der Waals surface area (Å²) in [6.07, 6.45) is 0. The topological polar surface area (TPSA) is 22.8 Å². The minimum absolute atomic E-state index is 0.982. The monoisotopic (exact) mass is 489 g/mol. The average Bonchev–Trinajstić information content (AvgIpc) is 3.47. The Labute approximate surface area is 222 Å². The van der Waals surface area contributed by atoms with E-state index in [1.54, 1.807) is 0 Å². The van der Waals surface area contributed by atoms with E-state index in [9.17, 15) is 0 Å². The molecule has 5 aromatic carbocycles. The van der Waals surface area contributed by atoms with E-state index < -0.39 is 0 Å². The summed E-state index contributed by atoms with van der Waals surface area (Å²) in [7, 11) is 4.26. The Kier molecular flexibility index (Phi) is 5.22. The van der Waals surface area contributed by atoms with Crippen LogP contribution in [0.1, 0.15) is 0 Å². The molecule has 7 rings (SSSR count). The normalized spacial score (nSPS) is 11.4. The molecule has 0 fully saturated rings. The van der Waals surface area contributed by atoms with Crippen LogP contribution >= 0.6 is 0 Å². The predicted octanol–water partition coefficient (Wildman–Crippen LogP) is 8.73. The van der Waals surface area contributed by atoms with Crippen LogP contribution in [0.3, 0.4) is 0 Å². The van der Waals surface area contributed by atoms with Crippen LogP contribution in [0.15, 0.2) is 127 Å². The number of imidazole rings is 1. The summed E-state index contributed by atoms with van der Waals surface area (Å²) in [5.41, 5.74) is 11.9. The molecule has 0 bridgehead atoms. The van der Waals surface area contributed by atoms with Gasteiger partial charge in [0.15, 0.2) is 0 Å². The number of hydrogen-bond donors (Lipinski definition) is 0. The minimum Gasteiger partial charge on any atom is -0.343 e. The SMILES string of the molecule is Cn1c(-c2ccc(-c3ccc4c(-c5ccccc5)c(-c5ccccc5)n(C)c4c3)cc2)nc2ccccc21. The van der Waals surface area contributed by atoms with E-state index in [0.717, 1.165) is 22.4 Å². The Morgan fingerprint density at radius 1 is 0.474 bits per heavy atom. The first-order valence-electron chi connectivity index (χ1n) is 12.9. The minimum atomic E-state index is 0.982. The summed E-state index contributed by atoms with van der Waals surface area (Å²) < 4.78 is 4.50. The average molecular weight is 490 g/mol. The van der Waals surface area contributed by atoms with Crippen molar-refractivity contribution in [3.05, 3.63) is 127 Å². The summed E-state index contributed by atoms with van der Waals surface area (Å²) in [6, 6.07) is 45.3. The van der Waals surface area contributed by atoms with Crippen LogP contribution in [0.5, 0.6) is 0 Å². The molecular weight excluding hydrogens is 462 g/mol. The van der Waals surface area contributed by atoms with Crippen LogP contribution < -0.4 is 0 Å². The van der Waals surface area contributed by atoms with Gasteiger partial charge in [0.25, 0.3) is 0 Å². The van der Waals surface area contributed by atoms with Crippen molar-refractivity contribution in [2.75, 3.05) is 0 Å². The second-order valence-electron chi connectivity index (χ2n) is 9.81. The Morgan fingerprint density at radius 3 is 1.79 bits per heavy atom. The molecule has 3 nitrogen and oxygen atoms in total. The van der Waals surface area contributed by atoms with Gasteiger partial charge in [-0.1, -0.05) is 109 Å². The van der Waals surface area contributed by atoms with Gasteiger partial charge in [0, 0.05) is 36.1 Å². The Balaban J connectivity index is 1.34. The summed E-state index contributed by atoms with van der Waals surface area (Å²) in [5, 5.41) is 1.26. The largest absolute Gasteiger partial charge is 0.343 e. The number of benzene rings is 5. The molecule has 0 amide bonds. The number of aromatic nitrogens is 3. The maximum atomic E-state index is 4.87. The van der Waals surface area contributed by atoms with Crippen molar-refractivity contribution >= 4 is 21.9 Å². The van der Waals surface area contributed by atoms with Gasteiger partial charge in [0.2, 0.25) is 0 Å². The summed E-state index contributed by atoms with van der Waals surface area (Å²) in [4.78, 5) is 4.87. The van der Waals surface area contributed by atoms with Gasteiger partial charge in [-0.2, -0.15) is 0 Å². The van der Waals surface area contributed by atoms with Crippen LogP contribution in [0.2, 0.25) is 0 Å². The molecule has 0 radical (unpaired) electrons. The molecule has 3 heteroatoms. The summed E-state index contributed by atoms with van der Waals surface area (Å²) >= 11 is 0. The molecule has 0 N–H and O–H groups in total. The van der Waals surface area contributed by atoms with Gasteiger partial charge in [-0.3, -0.25) is 0 Å². The highest BCUT2D eigenvalue weighted by molar-refractivity contribution is 6.05. The molecule has 38 heavy (non-hydrogen) atoms. The molecule has 0 spiro atoms. The highest BCUT2D eigenvalue weighted by atomic mass is 15.1. The Morgan fingerprint density at radius 2 is 1.08 bits per heavy atom. The highest BCUT2D eigenvalue weighted by Gasteiger charge is 2.19. The van der Waals surface area contributed by atoms with E-state index in [-0.39, 0.29) is 0 Å². The lowest BCUT2D eigenvalue weighted by Gasteiger charge is -2.09. The molecule has 2 heterocycles. The van der Waals surface area contributed by atoms with Gasteiger partial charge >= 0.3 is 0 Å². The zero-order valence-electron chi connectivity index (χ0n) is 21.5. The molecule has 0 aliphatic rings. The molecule has 0 atom stereocenters. The first-order chi connectivity index (χ1) is 18.7. The van der Waals surface area contributed by atoms with Gasteiger partial charge < -0.3 is 9.13 Å². The lowest BCUT2D eigenvalue weighted by atomic mass is 9.97. The van der Waals surface area contributed by atoms with E-state index in [4.69, 9.17) is 4.98 Å². The number of aryl methyl sites for hydroxylation is 2. The van der Waals surface area contributed by atoms with Crippen LogP contribution in [-0.2, 0) is 14.1 Å². The third-order valence-corrected chi connectivity index (χ3v) is 7.57. The van der Waals surface area contributed by atoms with Crippen molar-refractivity contribution in [2.45, 2.75) is 0 Å². The molecule has 0 saturated carbocycles. The first kappa shape index (κ1) is 22.3. The quantitative estimate of drug-likeness (QED) is 0.242. The lowest BCUT2D eigenvalue weighted by molar-refractivity contribution is 0.959. The van der Waals surface area contributed by atoms with Gasteiger partial charge in [-0.25, -0.2) is 4.98 Å². The van der Waals surface area contributed by atoms with Crippen molar-refractivity contribution in [3.63, 3.8) is 0 Å². The number of para-hydroxylation sites is 2. The van der Waals surface area contributed by atoms with Crippen LogP contribution in [-0.4, -0.2) is 14.1 Å². The lowest BCUT2D eigenvalue weighted by Crippen LogP contribution is -1.93. The fourth-order valence-corrected chi connectivity index (χ4v) is 5.66. The number of fused-ring (bicyclic) bond motifs is 2. The highest BCUT2D eigenvalue weighted by Crippen LogP contribution is 2.41.